The summed E-state index contributed by atoms with van der Waals surface area (Å²) in [5, 5.41) is 9.68. The molecule has 1 N–H and O–H groups in total. The monoisotopic (exact) mass is 979 g/mol. The minimum atomic E-state index is -0.879. The molecule has 0 rings (SSSR count). The van der Waals surface area contributed by atoms with Gasteiger partial charge in [0.15, 0.2) is 12.1 Å². The lowest BCUT2D eigenvalue weighted by Gasteiger charge is -2.31. The van der Waals surface area contributed by atoms with Crippen LogP contribution < -0.4 is 0 Å². The minimum Gasteiger partial charge on any atom is -0.477 e. The Balaban J connectivity index is 4.24. The van der Waals surface area contributed by atoms with Gasteiger partial charge in [-0.3, -0.25) is 9.59 Å². The van der Waals surface area contributed by atoms with Crippen LogP contribution in [0.4, 0.5) is 0 Å². The van der Waals surface area contributed by atoms with Crippen LogP contribution in [0.15, 0.2) is 85.1 Å². The average Bonchev–Trinajstić information content (AvgIpc) is 3.33. The molecule has 402 valence electrons. The summed E-state index contributed by atoms with van der Waals surface area (Å²) < 4.78 is 17.4. The summed E-state index contributed by atoms with van der Waals surface area (Å²) in [6.45, 7) is 4.62. The Bertz CT molecular complexity index is 1420. The Morgan fingerprint density at radius 1 is 0.443 bits per heavy atom. The van der Waals surface area contributed by atoms with Crippen molar-refractivity contribution in [3.63, 3.8) is 0 Å². The van der Waals surface area contributed by atoms with Gasteiger partial charge in [-0.15, -0.1) is 0 Å². The number of hydrogen-bond donors (Lipinski definition) is 1. The SMILES string of the molecule is CC/C=C/C/C=C/C/C=C/C/C=C/C/C=C/CCCCCCCCCC(=O)OC(COCCC(C(=O)O)[N+](C)(C)C)COC(=O)CCCCCCCCC/C=C/C/C=C/CCCCCCCCCCC. The molecule has 0 fully saturated rings. The molecule has 8 nitrogen and oxygen atoms in total. The molecule has 0 aliphatic carbocycles. The highest BCUT2D eigenvalue weighted by atomic mass is 16.6. The molecule has 0 aromatic carbocycles. The Morgan fingerprint density at radius 3 is 1.19 bits per heavy atom. The normalized spacial score (nSPS) is 13.4. The van der Waals surface area contributed by atoms with Gasteiger partial charge in [-0.1, -0.05) is 214 Å². The number of carboxylic acid groups (broad SMARTS) is 1. The Kier molecular flexibility index (Phi) is 49.3. The molecule has 0 bridgehead atoms. The van der Waals surface area contributed by atoms with Crippen molar-refractivity contribution in [1.29, 1.82) is 0 Å². The highest BCUT2D eigenvalue weighted by Crippen LogP contribution is 2.15. The maximum absolute atomic E-state index is 12.8. The predicted molar refractivity (Wildman–Crippen MR) is 298 cm³/mol. The van der Waals surface area contributed by atoms with Gasteiger partial charge in [0.05, 0.1) is 34.4 Å². The van der Waals surface area contributed by atoms with E-state index in [1.54, 1.807) is 0 Å². The third kappa shape index (κ3) is 49.5. The van der Waals surface area contributed by atoms with Crippen molar-refractivity contribution in [2.45, 2.75) is 251 Å². The molecule has 0 aromatic rings. The zero-order chi connectivity index (χ0) is 51.3. The predicted octanol–water partition coefficient (Wildman–Crippen LogP) is 17.2. The zero-order valence-corrected chi connectivity index (χ0v) is 46.0. The summed E-state index contributed by atoms with van der Waals surface area (Å²) in [4.78, 5) is 37.3. The molecule has 0 saturated heterocycles. The second kappa shape index (κ2) is 51.9. The molecule has 0 aliphatic rings. The Morgan fingerprint density at radius 2 is 0.800 bits per heavy atom. The summed E-state index contributed by atoms with van der Waals surface area (Å²) in [6, 6.07) is -0.624. The molecule has 0 heterocycles. The van der Waals surface area contributed by atoms with Gasteiger partial charge in [0, 0.05) is 19.3 Å². The maximum atomic E-state index is 12.8. The number of esters is 2. The molecule has 0 aromatic heterocycles. The Labute approximate surface area is 431 Å². The fourth-order valence-electron chi connectivity index (χ4n) is 8.15. The van der Waals surface area contributed by atoms with Gasteiger partial charge in [-0.25, -0.2) is 4.79 Å². The second-order valence-electron chi connectivity index (χ2n) is 20.2. The molecule has 0 amide bonds. The van der Waals surface area contributed by atoms with Gasteiger partial charge in [0.1, 0.15) is 6.61 Å². The minimum absolute atomic E-state index is 0.0500. The first-order valence-corrected chi connectivity index (χ1v) is 28.6. The lowest BCUT2D eigenvalue weighted by atomic mass is 10.1. The van der Waals surface area contributed by atoms with Crippen LogP contribution in [0.3, 0.4) is 0 Å². The van der Waals surface area contributed by atoms with Crippen LogP contribution in [0.2, 0.25) is 0 Å². The number of likely N-dealkylation sites (N-methyl/N-ethyl adjacent to an activating group) is 1. The summed E-state index contributed by atoms with van der Waals surface area (Å²) in [6.07, 6.45) is 69.3. The van der Waals surface area contributed by atoms with Crippen molar-refractivity contribution in [1.82, 2.24) is 0 Å². The molecule has 0 aliphatic heterocycles. The first-order valence-electron chi connectivity index (χ1n) is 28.6. The lowest BCUT2D eigenvalue weighted by molar-refractivity contribution is -0.887. The first-order chi connectivity index (χ1) is 34.1. The van der Waals surface area contributed by atoms with Crippen molar-refractivity contribution in [2.75, 3.05) is 41.0 Å². The van der Waals surface area contributed by atoms with Gasteiger partial charge < -0.3 is 23.8 Å². The van der Waals surface area contributed by atoms with E-state index in [0.29, 0.717) is 19.3 Å². The number of quaternary nitrogens is 1. The van der Waals surface area contributed by atoms with Gasteiger partial charge >= 0.3 is 17.9 Å². The van der Waals surface area contributed by atoms with Crippen LogP contribution in [-0.2, 0) is 28.6 Å². The number of allylic oxidation sites excluding steroid dienone is 14. The summed E-state index contributed by atoms with van der Waals surface area (Å²) in [7, 11) is 5.53. The molecule has 8 heteroatoms. The van der Waals surface area contributed by atoms with Gasteiger partial charge in [0.2, 0.25) is 0 Å². The van der Waals surface area contributed by atoms with Crippen molar-refractivity contribution in [3.8, 4) is 0 Å². The number of carboxylic acids is 1. The van der Waals surface area contributed by atoms with E-state index >= 15 is 0 Å². The van der Waals surface area contributed by atoms with Crippen LogP contribution in [0, 0.1) is 0 Å². The number of aliphatic carboxylic acids is 1. The molecule has 0 radical (unpaired) electrons. The van der Waals surface area contributed by atoms with E-state index in [9.17, 15) is 19.5 Å². The van der Waals surface area contributed by atoms with E-state index < -0.39 is 18.1 Å². The molecular weight excluding hydrogens is 871 g/mol. The zero-order valence-electron chi connectivity index (χ0n) is 46.0. The summed E-state index contributed by atoms with van der Waals surface area (Å²) in [5.74, 6) is -1.49. The van der Waals surface area contributed by atoms with E-state index in [4.69, 9.17) is 14.2 Å². The highest BCUT2D eigenvalue weighted by Gasteiger charge is 2.31. The number of unbranched alkanes of at least 4 members (excludes halogenated alkanes) is 23. The number of nitrogens with zero attached hydrogens (tertiary/aromatic N) is 1. The second-order valence-corrected chi connectivity index (χ2v) is 20.2. The molecule has 2 unspecified atom stereocenters. The average molecular weight is 980 g/mol. The first kappa shape index (κ1) is 66.5. The maximum Gasteiger partial charge on any atom is 0.362 e. The highest BCUT2D eigenvalue weighted by molar-refractivity contribution is 5.72. The van der Waals surface area contributed by atoms with E-state index in [0.717, 1.165) is 96.3 Å². The number of hydrogen-bond acceptors (Lipinski definition) is 6. The van der Waals surface area contributed by atoms with E-state index in [1.165, 1.54) is 109 Å². The molecule has 70 heavy (non-hydrogen) atoms. The number of rotatable bonds is 51. The standard InChI is InChI=1S/C62H107NO7/c1-6-8-10-12-14-16-18-20-22-24-26-28-30-32-34-36-38-40-42-44-46-48-50-52-60(64)69-57-58(56-68-55-54-59(62(66)67)63(3,4)5)70-61(65)53-51-49-47-45-43-41-39-37-35-33-31-29-27-25-23-21-19-17-15-13-11-9-7-2/h9,11,15,17,21,23,26-29,32-35,58-59H,6-8,10,12-14,16,18-20,22,24-25,30-31,36-57H2,1-5H3/p+1/b11-9+,17-15+,23-21+,28-26+,29-27+,34-32+,35-33+. The van der Waals surface area contributed by atoms with Crippen molar-refractivity contribution >= 4 is 17.9 Å². The number of carbonyl (C=O) groups is 3. The fraction of sp³-hybridized carbons (Fsp3) is 0.726. The summed E-state index contributed by atoms with van der Waals surface area (Å²) >= 11 is 0. The van der Waals surface area contributed by atoms with Crippen LogP contribution >= 0.6 is 0 Å². The van der Waals surface area contributed by atoms with Crippen LogP contribution in [0.1, 0.15) is 239 Å². The molecular formula is C62H108NO7+. The van der Waals surface area contributed by atoms with Gasteiger partial charge in [-0.05, 0) is 89.9 Å². The Hall–Kier alpha value is -3.49. The fourth-order valence-corrected chi connectivity index (χ4v) is 8.15. The van der Waals surface area contributed by atoms with Crippen LogP contribution in [-0.4, -0.2) is 80.6 Å². The van der Waals surface area contributed by atoms with Gasteiger partial charge in [0.25, 0.3) is 0 Å². The number of ether oxygens (including phenoxy) is 3. The van der Waals surface area contributed by atoms with Crippen LogP contribution in [0.5, 0.6) is 0 Å². The van der Waals surface area contributed by atoms with Crippen molar-refractivity contribution in [3.05, 3.63) is 85.1 Å². The molecule has 2 atom stereocenters. The largest absolute Gasteiger partial charge is 0.477 e. The summed E-state index contributed by atoms with van der Waals surface area (Å²) in [5.41, 5.74) is 0. The third-order valence-electron chi connectivity index (χ3n) is 12.5. The van der Waals surface area contributed by atoms with E-state index in [-0.39, 0.29) is 36.2 Å². The van der Waals surface area contributed by atoms with Crippen molar-refractivity contribution < 1.29 is 38.2 Å². The molecule has 0 saturated carbocycles. The van der Waals surface area contributed by atoms with E-state index in [1.807, 2.05) is 21.1 Å². The molecule has 0 spiro atoms. The third-order valence-corrected chi connectivity index (χ3v) is 12.5. The van der Waals surface area contributed by atoms with E-state index in [2.05, 4.69) is 98.9 Å². The van der Waals surface area contributed by atoms with Crippen LogP contribution in [0.25, 0.3) is 0 Å². The van der Waals surface area contributed by atoms with Crippen molar-refractivity contribution in [2.24, 2.45) is 0 Å². The smallest absolute Gasteiger partial charge is 0.362 e. The topological polar surface area (TPSA) is 99.1 Å². The van der Waals surface area contributed by atoms with Gasteiger partial charge in [-0.2, -0.15) is 0 Å². The quantitative estimate of drug-likeness (QED) is 0.0280. The lowest BCUT2D eigenvalue weighted by Crippen LogP contribution is -2.50. The number of carbonyl (C=O) groups excluding carboxylic acids is 2.